The lowest BCUT2D eigenvalue weighted by Crippen LogP contribution is -2.15. The molecule has 0 fully saturated rings. The molecular weight excluding hydrogens is 573 g/mol. The molecular formula is C34H26Cl3N3O. The van der Waals surface area contributed by atoms with E-state index in [9.17, 15) is 4.79 Å². The van der Waals surface area contributed by atoms with Crippen LogP contribution >= 0.6 is 34.8 Å². The zero-order valence-corrected chi connectivity index (χ0v) is 24.2. The Morgan fingerprint density at radius 1 is 0.732 bits per heavy atom. The largest absolute Gasteiger partial charge is 0.326 e. The van der Waals surface area contributed by atoms with Gasteiger partial charge in [0.15, 0.2) is 0 Å². The van der Waals surface area contributed by atoms with Crippen LogP contribution in [0.3, 0.4) is 0 Å². The lowest BCUT2D eigenvalue weighted by molar-refractivity contribution is 0.674. The predicted molar refractivity (Wildman–Crippen MR) is 169 cm³/mol. The van der Waals surface area contributed by atoms with Crippen molar-refractivity contribution in [2.24, 2.45) is 0 Å². The molecule has 4 aromatic carbocycles. The second-order valence-corrected chi connectivity index (χ2v) is 11.5. The molecule has 0 spiro atoms. The molecule has 0 aliphatic carbocycles. The summed E-state index contributed by atoms with van der Waals surface area (Å²) in [4.78, 5) is 20.3. The van der Waals surface area contributed by atoms with Crippen molar-refractivity contribution in [3.8, 4) is 0 Å². The first-order valence-corrected chi connectivity index (χ1v) is 14.4. The highest BCUT2D eigenvalue weighted by Gasteiger charge is 2.21. The molecule has 1 unspecified atom stereocenters. The first-order chi connectivity index (χ1) is 19.9. The molecule has 0 saturated carbocycles. The van der Waals surface area contributed by atoms with Crippen LogP contribution in [0.25, 0.3) is 10.9 Å². The fourth-order valence-corrected chi connectivity index (χ4v) is 6.15. The number of nitrogens with zero attached hydrogens (tertiary/aromatic N) is 2. The molecule has 0 aliphatic rings. The minimum absolute atomic E-state index is 0.00536. The van der Waals surface area contributed by atoms with Crippen LogP contribution in [-0.2, 0) is 12.8 Å². The average Bonchev–Trinajstić information content (AvgIpc) is 3.48. The predicted octanol–water partition coefficient (Wildman–Crippen LogP) is 8.89. The van der Waals surface area contributed by atoms with Crippen molar-refractivity contribution in [1.82, 2.24) is 14.5 Å². The van der Waals surface area contributed by atoms with Crippen LogP contribution < -0.4 is 5.56 Å². The normalized spacial score (nSPS) is 12.2. The molecule has 4 nitrogen and oxygen atoms in total. The Kier molecular flexibility index (Phi) is 7.97. The highest BCUT2D eigenvalue weighted by atomic mass is 35.5. The Hall–Kier alpha value is -3.83. The van der Waals surface area contributed by atoms with Crippen LogP contribution in [0, 0.1) is 0 Å². The molecule has 0 aliphatic heterocycles. The molecule has 1 atom stereocenters. The number of aromatic nitrogens is 3. The molecule has 1 N–H and O–H groups in total. The molecule has 0 radical (unpaired) electrons. The lowest BCUT2D eigenvalue weighted by atomic mass is 9.84. The topological polar surface area (TPSA) is 50.7 Å². The van der Waals surface area contributed by atoms with Gasteiger partial charge in [0.05, 0.1) is 12.4 Å². The van der Waals surface area contributed by atoms with Crippen molar-refractivity contribution in [3.05, 3.63) is 169 Å². The number of halogens is 3. The van der Waals surface area contributed by atoms with Gasteiger partial charge in [-0.3, -0.25) is 4.79 Å². The average molecular weight is 599 g/mol. The Morgan fingerprint density at radius 3 is 2.00 bits per heavy atom. The number of benzene rings is 4. The minimum Gasteiger partial charge on any atom is -0.326 e. The van der Waals surface area contributed by atoms with Gasteiger partial charge < -0.3 is 9.55 Å². The molecule has 7 heteroatoms. The van der Waals surface area contributed by atoms with Crippen LogP contribution in [0.1, 0.15) is 39.8 Å². The summed E-state index contributed by atoms with van der Waals surface area (Å²) in [7, 11) is 0. The first-order valence-electron chi connectivity index (χ1n) is 13.3. The maximum absolute atomic E-state index is 13.0. The van der Waals surface area contributed by atoms with Gasteiger partial charge in [0.2, 0.25) is 5.56 Å². The van der Waals surface area contributed by atoms with E-state index in [-0.39, 0.29) is 17.5 Å². The van der Waals surface area contributed by atoms with Crippen molar-refractivity contribution < 1.29 is 0 Å². The summed E-state index contributed by atoms with van der Waals surface area (Å²) in [5, 5.41) is 3.05. The van der Waals surface area contributed by atoms with E-state index >= 15 is 0 Å². The number of pyridine rings is 1. The van der Waals surface area contributed by atoms with E-state index in [0.717, 1.165) is 38.7 Å². The van der Waals surface area contributed by atoms with Gasteiger partial charge in [0.25, 0.3) is 0 Å². The van der Waals surface area contributed by atoms with Gasteiger partial charge in [-0.15, -0.1) is 0 Å². The molecule has 204 valence electrons. The smallest absolute Gasteiger partial charge is 0.248 e. The molecule has 6 rings (SSSR count). The van der Waals surface area contributed by atoms with Crippen LogP contribution in [0.5, 0.6) is 0 Å². The summed E-state index contributed by atoms with van der Waals surface area (Å²) >= 11 is 18.9. The van der Waals surface area contributed by atoms with Gasteiger partial charge in [-0.2, -0.15) is 0 Å². The fraction of sp³-hybridized carbons (Fsp3) is 0.118. The van der Waals surface area contributed by atoms with E-state index in [2.05, 4.69) is 38.8 Å². The van der Waals surface area contributed by atoms with Gasteiger partial charge >= 0.3 is 0 Å². The number of nitrogens with one attached hydrogen (secondary N) is 1. The van der Waals surface area contributed by atoms with Gasteiger partial charge in [-0.1, -0.05) is 77.3 Å². The monoisotopic (exact) mass is 597 g/mol. The second kappa shape index (κ2) is 12.0. The molecule has 2 heterocycles. The van der Waals surface area contributed by atoms with E-state index in [4.69, 9.17) is 34.8 Å². The molecule has 6 aromatic rings. The summed E-state index contributed by atoms with van der Waals surface area (Å²) in [6.07, 6.45) is 6.96. The molecule has 2 aromatic heterocycles. The maximum Gasteiger partial charge on any atom is 0.248 e. The Morgan fingerprint density at radius 2 is 1.39 bits per heavy atom. The summed E-state index contributed by atoms with van der Waals surface area (Å²) < 4.78 is 2.07. The zero-order valence-electron chi connectivity index (χ0n) is 22.0. The van der Waals surface area contributed by atoms with Crippen LogP contribution in [0.4, 0.5) is 0 Å². The van der Waals surface area contributed by atoms with E-state index in [0.29, 0.717) is 27.9 Å². The number of rotatable bonds is 8. The van der Waals surface area contributed by atoms with Gasteiger partial charge in [0.1, 0.15) is 0 Å². The number of imidazole rings is 1. The van der Waals surface area contributed by atoms with Crippen LogP contribution in [-0.4, -0.2) is 14.5 Å². The first kappa shape index (κ1) is 27.3. The van der Waals surface area contributed by atoms with Crippen molar-refractivity contribution in [1.29, 1.82) is 0 Å². The Bertz CT molecular complexity index is 1820. The van der Waals surface area contributed by atoms with Crippen LogP contribution in [0.15, 0.2) is 121 Å². The lowest BCUT2D eigenvalue weighted by Gasteiger charge is -2.23. The highest BCUT2D eigenvalue weighted by Crippen LogP contribution is 2.34. The van der Waals surface area contributed by atoms with Crippen LogP contribution in [0.2, 0.25) is 15.1 Å². The summed E-state index contributed by atoms with van der Waals surface area (Å²) in [5.74, 6) is -0.00536. The van der Waals surface area contributed by atoms with Crippen molar-refractivity contribution in [2.75, 3.05) is 0 Å². The second-order valence-electron chi connectivity index (χ2n) is 10.2. The Balaban J connectivity index is 1.51. The zero-order chi connectivity index (χ0) is 28.3. The summed E-state index contributed by atoms with van der Waals surface area (Å²) in [5.41, 5.74) is 5.98. The molecule has 0 saturated heterocycles. The fourth-order valence-electron chi connectivity index (χ4n) is 5.60. The highest BCUT2D eigenvalue weighted by molar-refractivity contribution is 6.31. The Labute approximate surface area is 253 Å². The third kappa shape index (κ3) is 6.25. The number of aromatic amines is 1. The minimum atomic E-state index is -0.133. The SMILES string of the molecule is O=c1cc(C(Cc2cccc(Cl)c2)Cc2cccc(Cl)c2)c2cc(C(c3ccc(Cl)cc3)n3ccnc3)ccc2[nH]1. The van der Waals surface area contributed by atoms with Gasteiger partial charge in [-0.05, 0) is 95.1 Å². The van der Waals surface area contributed by atoms with Gasteiger partial charge in [-0.25, -0.2) is 4.98 Å². The van der Waals surface area contributed by atoms with E-state index in [1.54, 1.807) is 12.3 Å². The van der Waals surface area contributed by atoms with E-state index < -0.39 is 0 Å². The van der Waals surface area contributed by atoms with Crippen molar-refractivity contribution in [2.45, 2.75) is 24.8 Å². The summed E-state index contributed by atoms with van der Waals surface area (Å²) in [6.45, 7) is 0. The number of H-pyrrole nitrogens is 1. The third-order valence-electron chi connectivity index (χ3n) is 7.41. The number of hydrogen-bond acceptors (Lipinski definition) is 2. The third-order valence-corrected chi connectivity index (χ3v) is 8.13. The van der Waals surface area contributed by atoms with Crippen molar-refractivity contribution in [3.63, 3.8) is 0 Å². The van der Waals surface area contributed by atoms with Gasteiger partial charge in [0, 0.05) is 44.4 Å². The standard InChI is InChI=1S/C34H26Cl3N3O/c35-27-10-7-24(8-11-27)34(40-14-13-38-21-40)25-9-12-32-31(19-25)30(20-33(41)39-32)26(15-22-3-1-5-28(36)17-22)16-23-4-2-6-29(37)18-23/h1-14,17-21,26,34H,15-16H2,(H,39,41). The maximum atomic E-state index is 13.0. The van der Waals surface area contributed by atoms with E-state index in [1.165, 1.54) is 0 Å². The van der Waals surface area contributed by atoms with Crippen molar-refractivity contribution >= 4 is 45.7 Å². The summed E-state index contributed by atoms with van der Waals surface area (Å²) in [6, 6.07) is 31.5. The number of fused-ring (bicyclic) bond motifs is 1. The molecule has 41 heavy (non-hydrogen) atoms. The molecule has 0 bridgehead atoms. The number of hydrogen-bond donors (Lipinski definition) is 1. The van der Waals surface area contributed by atoms with E-state index in [1.807, 2.05) is 79.3 Å². The molecule has 0 amide bonds. The quantitative estimate of drug-likeness (QED) is 0.190.